The molecular weight excluding hydrogens is 238 g/mol. The van der Waals surface area contributed by atoms with Gasteiger partial charge in [0, 0.05) is 16.5 Å². The first-order valence-electron chi connectivity index (χ1n) is 5.94. The van der Waals surface area contributed by atoms with E-state index in [1.54, 1.807) is 0 Å². The second-order valence-electron chi connectivity index (χ2n) is 4.67. The number of carbonyl (C=O) groups is 1. The van der Waals surface area contributed by atoms with Crippen LogP contribution in [0, 0.1) is 5.92 Å². The highest BCUT2D eigenvalue weighted by molar-refractivity contribution is 6.30. The third-order valence-electron chi connectivity index (χ3n) is 3.32. The summed E-state index contributed by atoms with van der Waals surface area (Å²) in [5.41, 5.74) is 1.20. The highest BCUT2D eigenvalue weighted by atomic mass is 35.5. The molecule has 1 aliphatic heterocycles. The summed E-state index contributed by atoms with van der Waals surface area (Å²) in [6, 6.07) is 7.74. The summed E-state index contributed by atoms with van der Waals surface area (Å²) in [6.07, 6.45) is 1.72. The van der Waals surface area contributed by atoms with Gasteiger partial charge in [0.15, 0.2) is 0 Å². The number of carboxylic acids is 1. The molecule has 4 heteroatoms. The summed E-state index contributed by atoms with van der Waals surface area (Å²) < 4.78 is 0. The van der Waals surface area contributed by atoms with Crippen LogP contribution >= 0.6 is 11.6 Å². The minimum atomic E-state index is -0.904. The Labute approximate surface area is 106 Å². The molecule has 17 heavy (non-hydrogen) atoms. The van der Waals surface area contributed by atoms with Crippen molar-refractivity contribution in [2.45, 2.75) is 19.4 Å². The van der Waals surface area contributed by atoms with E-state index >= 15 is 0 Å². The fourth-order valence-corrected chi connectivity index (χ4v) is 2.53. The molecule has 0 aromatic heterocycles. The lowest BCUT2D eigenvalue weighted by Crippen LogP contribution is -3.12. The van der Waals surface area contributed by atoms with E-state index < -0.39 is 5.97 Å². The van der Waals surface area contributed by atoms with Gasteiger partial charge in [-0.25, -0.2) is 0 Å². The zero-order chi connectivity index (χ0) is 12.3. The van der Waals surface area contributed by atoms with Gasteiger partial charge >= 0.3 is 0 Å². The van der Waals surface area contributed by atoms with Crippen molar-refractivity contribution in [3.05, 3.63) is 34.9 Å². The topological polar surface area (TPSA) is 44.6 Å². The molecular formula is C13H16ClNO2. The Morgan fingerprint density at radius 1 is 1.41 bits per heavy atom. The monoisotopic (exact) mass is 253 g/mol. The normalized spacial score (nSPS) is 24.5. The van der Waals surface area contributed by atoms with Crippen molar-refractivity contribution in [2.24, 2.45) is 5.92 Å². The van der Waals surface area contributed by atoms with Gasteiger partial charge < -0.3 is 14.8 Å². The lowest BCUT2D eigenvalue weighted by atomic mass is 9.98. The standard InChI is InChI=1S/C13H16ClNO2/c14-12-5-3-10(4-6-12)8-15-7-1-2-11(9-15)13(16)17/h3-6,11H,1-2,7-9H2,(H,16,17)/t11-/m1/s1. The Bertz CT molecular complexity index is 391. The zero-order valence-corrected chi connectivity index (χ0v) is 10.4. The van der Waals surface area contributed by atoms with Crippen LogP contribution in [-0.2, 0) is 11.3 Å². The number of hydrogen-bond donors (Lipinski definition) is 1. The van der Waals surface area contributed by atoms with Crippen LogP contribution in [0.1, 0.15) is 18.4 Å². The van der Waals surface area contributed by atoms with Crippen LogP contribution in [0.3, 0.4) is 0 Å². The number of carbonyl (C=O) groups excluding carboxylic acids is 1. The molecule has 0 amide bonds. The van der Waals surface area contributed by atoms with E-state index in [-0.39, 0.29) is 5.92 Å². The highest BCUT2D eigenvalue weighted by Crippen LogP contribution is 2.10. The summed E-state index contributed by atoms with van der Waals surface area (Å²) in [5, 5.41) is 11.6. The second-order valence-corrected chi connectivity index (χ2v) is 5.10. The van der Waals surface area contributed by atoms with Crippen LogP contribution in [0.15, 0.2) is 24.3 Å². The molecule has 1 aliphatic rings. The van der Waals surface area contributed by atoms with E-state index in [0.717, 1.165) is 31.0 Å². The minimum Gasteiger partial charge on any atom is -0.550 e. The molecule has 1 heterocycles. The van der Waals surface area contributed by atoms with Gasteiger partial charge in [-0.3, -0.25) is 0 Å². The summed E-state index contributed by atoms with van der Waals surface area (Å²) in [4.78, 5) is 12.2. The number of aliphatic carboxylic acids is 1. The first-order chi connectivity index (χ1) is 8.15. The number of hydrogen-bond acceptors (Lipinski definition) is 2. The van der Waals surface area contributed by atoms with Gasteiger partial charge in [-0.05, 0) is 25.0 Å². The predicted octanol–water partition coefficient (Wildman–Crippen LogP) is -0.115. The molecule has 0 radical (unpaired) electrons. The van der Waals surface area contributed by atoms with E-state index in [9.17, 15) is 9.90 Å². The molecule has 2 atom stereocenters. The smallest absolute Gasteiger partial charge is 0.103 e. The Balaban J connectivity index is 1.94. The fraction of sp³-hybridized carbons (Fsp3) is 0.462. The Morgan fingerprint density at radius 2 is 2.12 bits per heavy atom. The first-order valence-corrected chi connectivity index (χ1v) is 6.32. The number of quaternary nitrogens is 1. The van der Waals surface area contributed by atoms with Crippen molar-refractivity contribution < 1.29 is 14.8 Å². The van der Waals surface area contributed by atoms with Crippen molar-refractivity contribution in [3.63, 3.8) is 0 Å². The van der Waals surface area contributed by atoms with Crippen LogP contribution < -0.4 is 10.0 Å². The SMILES string of the molecule is O=C([O-])[C@@H]1CCC[NH+](Cc2ccc(Cl)cc2)C1. The van der Waals surface area contributed by atoms with E-state index in [0.29, 0.717) is 6.54 Å². The second kappa shape index (κ2) is 5.52. The molecule has 92 valence electrons. The summed E-state index contributed by atoms with van der Waals surface area (Å²) >= 11 is 5.83. The molecule has 0 bridgehead atoms. The van der Waals surface area contributed by atoms with Gasteiger partial charge in [-0.1, -0.05) is 23.7 Å². The summed E-state index contributed by atoms with van der Waals surface area (Å²) in [7, 11) is 0. The predicted molar refractivity (Wildman–Crippen MR) is 63.6 cm³/mol. The molecule has 1 N–H and O–H groups in total. The average molecular weight is 254 g/mol. The number of likely N-dealkylation sites (tertiary alicyclic amines) is 1. The maximum atomic E-state index is 10.9. The van der Waals surface area contributed by atoms with Crippen LogP contribution in [0.25, 0.3) is 0 Å². The van der Waals surface area contributed by atoms with Gasteiger partial charge in [0.05, 0.1) is 19.1 Å². The molecule has 0 spiro atoms. The van der Waals surface area contributed by atoms with Crippen molar-refractivity contribution in [3.8, 4) is 0 Å². The molecule has 1 fully saturated rings. The van der Waals surface area contributed by atoms with E-state index in [4.69, 9.17) is 11.6 Å². The van der Waals surface area contributed by atoms with Crippen LogP contribution in [0.5, 0.6) is 0 Å². The van der Waals surface area contributed by atoms with Gasteiger partial charge in [0.25, 0.3) is 0 Å². The van der Waals surface area contributed by atoms with Gasteiger partial charge in [0.1, 0.15) is 6.54 Å². The van der Waals surface area contributed by atoms with E-state index in [2.05, 4.69) is 0 Å². The van der Waals surface area contributed by atoms with Gasteiger partial charge in [-0.15, -0.1) is 0 Å². The molecule has 0 saturated carbocycles. The zero-order valence-electron chi connectivity index (χ0n) is 9.62. The third-order valence-corrected chi connectivity index (χ3v) is 3.57. The molecule has 1 unspecified atom stereocenters. The van der Waals surface area contributed by atoms with E-state index in [1.165, 1.54) is 10.5 Å². The molecule has 0 aliphatic carbocycles. The fourth-order valence-electron chi connectivity index (χ4n) is 2.40. The maximum Gasteiger partial charge on any atom is 0.103 e. The first kappa shape index (κ1) is 12.4. The number of benzene rings is 1. The van der Waals surface area contributed by atoms with Crippen LogP contribution in [0.4, 0.5) is 0 Å². The molecule has 1 aromatic rings. The average Bonchev–Trinajstić information content (AvgIpc) is 2.32. The highest BCUT2D eigenvalue weighted by Gasteiger charge is 2.23. The van der Waals surface area contributed by atoms with Crippen molar-refractivity contribution in [2.75, 3.05) is 13.1 Å². The van der Waals surface area contributed by atoms with Crippen molar-refractivity contribution in [1.82, 2.24) is 0 Å². The number of piperidine rings is 1. The molecule has 1 saturated heterocycles. The van der Waals surface area contributed by atoms with E-state index in [1.807, 2.05) is 24.3 Å². The number of halogens is 1. The van der Waals surface area contributed by atoms with Crippen LogP contribution in [0.2, 0.25) is 5.02 Å². The molecule has 1 aromatic carbocycles. The Morgan fingerprint density at radius 3 is 2.76 bits per heavy atom. The molecule has 3 nitrogen and oxygen atoms in total. The van der Waals surface area contributed by atoms with Crippen molar-refractivity contribution >= 4 is 17.6 Å². The van der Waals surface area contributed by atoms with Crippen molar-refractivity contribution in [1.29, 1.82) is 0 Å². The Hall–Kier alpha value is -1.06. The Kier molecular flexibility index (Phi) is 4.02. The maximum absolute atomic E-state index is 10.9. The lowest BCUT2D eigenvalue weighted by molar-refractivity contribution is -0.921. The number of carboxylic acid groups (broad SMARTS) is 1. The lowest BCUT2D eigenvalue weighted by Gasteiger charge is -2.30. The largest absolute Gasteiger partial charge is 0.550 e. The quantitative estimate of drug-likeness (QED) is 0.817. The summed E-state index contributed by atoms with van der Waals surface area (Å²) in [6.45, 7) is 2.57. The van der Waals surface area contributed by atoms with Gasteiger partial charge in [0.2, 0.25) is 0 Å². The number of rotatable bonds is 3. The van der Waals surface area contributed by atoms with Crippen LogP contribution in [-0.4, -0.2) is 19.1 Å². The summed E-state index contributed by atoms with van der Waals surface area (Å²) in [5.74, 6) is -1.19. The molecule has 2 rings (SSSR count). The number of nitrogens with one attached hydrogen (secondary N) is 1. The third kappa shape index (κ3) is 3.45. The minimum absolute atomic E-state index is 0.286. The van der Waals surface area contributed by atoms with Gasteiger partial charge in [-0.2, -0.15) is 0 Å².